The molecule has 0 bridgehead atoms. The van der Waals surface area contributed by atoms with Crippen LogP contribution in [0.5, 0.6) is 0 Å². The van der Waals surface area contributed by atoms with Crippen molar-refractivity contribution in [1.29, 1.82) is 0 Å². The third-order valence-corrected chi connectivity index (χ3v) is 2.77. The molecule has 0 fully saturated rings. The van der Waals surface area contributed by atoms with Crippen LogP contribution in [-0.4, -0.2) is 27.0 Å². The Hall–Kier alpha value is -2.22. The van der Waals surface area contributed by atoms with E-state index >= 15 is 0 Å². The maximum Gasteiger partial charge on any atom is 0.332 e. The number of nitrogens with one attached hydrogen (secondary N) is 1. The van der Waals surface area contributed by atoms with Crippen molar-refractivity contribution in [2.24, 2.45) is 10.8 Å². The van der Waals surface area contributed by atoms with Gasteiger partial charge in [-0.2, -0.15) is 10.2 Å². The fourth-order valence-electron chi connectivity index (χ4n) is 1.21. The van der Waals surface area contributed by atoms with Gasteiger partial charge in [0.25, 0.3) is 0 Å². The number of hydrogen-bond acceptors (Lipinski definition) is 5. The lowest BCUT2D eigenvalue weighted by Crippen LogP contribution is -2.24. The third kappa shape index (κ3) is 3.38. The molecule has 88 valence electrons. The van der Waals surface area contributed by atoms with Crippen LogP contribution in [0.15, 0.2) is 29.2 Å². The van der Waals surface area contributed by atoms with Gasteiger partial charge in [-0.3, -0.25) is 0 Å². The van der Waals surface area contributed by atoms with E-state index in [1.165, 1.54) is 17.7 Å². The second kappa shape index (κ2) is 5.21. The van der Waals surface area contributed by atoms with Gasteiger partial charge in [0.1, 0.15) is 12.7 Å². The molecule has 0 aliphatic rings. The van der Waals surface area contributed by atoms with E-state index < -0.39 is 6.03 Å². The van der Waals surface area contributed by atoms with Crippen molar-refractivity contribution in [2.75, 3.05) is 0 Å². The molecule has 2 aromatic rings. The highest BCUT2D eigenvalue weighted by atomic mass is 32.1. The molecule has 7 nitrogen and oxygen atoms in total. The molecule has 2 aromatic heterocycles. The first kappa shape index (κ1) is 11.3. The summed E-state index contributed by atoms with van der Waals surface area (Å²) in [6.07, 6.45) is 4.69. The van der Waals surface area contributed by atoms with Crippen molar-refractivity contribution in [2.45, 2.75) is 6.54 Å². The Kier molecular flexibility index (Phi) is 3.46. The molecule has 0 spiro atoms. The molecular weight excluding hydrogens is 240 g/mol. The summed E-state index contributed by atoms with van der Waals surface area (Å²) >= 11 is 1.52. The minimum atomic E-state index is -0.680. The first-order chi connectivity index (χ1) is 8.24. The number of nitrogens with zero attached hydrogens (tertiary/aromatic N) is 4. The highest BCUT2D eigenvalue weighted by Crippen LogP contribution is 2.13. The predicted octanol–water partition coefficient (Wildman–Crippen LogP) is 0.390. The van der Waals surface area contributed by atoms with E-state index in [9.17, 15) is 4.79 Å². The van der Waals surface area contributed by atoms with Crippen molar-refractivity contribution >= 4 is 23.6 Å². The summed E-state index contributed by atoms with van der Waals surface area (Å²) in [5.74, 6) is 0. The molecule has 2 amide bonds. The summed E-state index contributed by atoms with van der Waals surface area (Å²) in [7, 11) is 0. The molecule has 8 heteroatoms. The van der Waals surface area contributed by atoms with Crippen LogP contribution >= 0.6 is 11.3 Å². The number of primary amides is 1. The van der Waals surface area contributed by atoms with Crippen LogP contribution in [0.3, 0.4) is 0 Å². The second-order valence-corrected chi connectivity index (χ2v) is 4.13. The number of hydrazone groups is 1. The van der Waals surface area contributed by atoms with E-state index in [0.29, 0.717) is 6.54 Å². The van der Waals surface area contributed by atoms with Gasteiger partial charge in [0.2, 0.25) is 0 Å². The summed E-state index contributed by atoms with van der Waals surface area (Å²) in [4.78, 5) is 15.2. The Morgan fingerprint density at radius 3 is 3.29 bits per heavy atom. The number of urea groups is 1. The molecule has 0 radical (unpaired) electrons. The SMILES string of the molecule is NC(=O)NN=Cc1cc(Cn2cncn2)cs1. The second-order valence-electron chi connectivity index (χ2n) is 3.18. The summed E-state index contributed by atoms with van der Waals surface area (Å²) in [5, 5.41) is 9.68. The molecule has 2 rings (SSSR count). The van der Waals surface area contributed by atoms with Crippen molar-refractivity contribution in [3.8, 4) is 0 Å². The topological polar surface area (TPSA) is 98.2 Å². The maximum absolute atomic E-state index is 10.4. The van der Waals surface area contributed by atoms with Crippen molar-refractivity contribution < 1.29 is 4.79 Å². The number of nitrogens with two attached hydrogens (primary N) is 1. The maximum atomic E-state index is 10.4. The zero-order chi connectivity index (χ0) is 12.1. The minimum absolute atomic E-state index is 0.660. The van der Waals surface area contributed by atoms with Crippen LogP contribution in [-0.2, 0) is 6.54 Å². The number of aromatic nitrogens is 3. The smallest absolute Gasteiger partial charge is 0.332 e. The first-order valence-corrected chi connectivity index (χ1v) is 5.60. The van der Waals surface area contributed by atoms with Crippen LogP contribution < -0.4 is 11.2 Å². The van der Waals surface area contributed by atoms with Gasteiger partial charge >= 0.3 is 6.03 Å². The highest BCUT2D eigenvalue weighted by Gasteiger charge is 1.99. The number of carbonyl (C=O) groups is 1. The van der Waals surface area contributed by atoms with E-state index in [2.05, 4.69) is 20.6 Å². The molecule has 0 saturated carbocycles. The van der Waals surface area contributed by atoms with Gasteiger partial charge in [-0.15, -0.1) is 11.3 Å². The Bertz CT molecular complexity index is 517. The Labute approximate surface area is 101 Å². The van der Waals surface area contributed by atoms with Gasteiger partial charge in [0, 0.05) is 4.88 Å². The zero-order valence-electron chi connectivity index (χ0n) is 8.78. The van der Waals surface area contributed by atoms with E-state index in [1.807, 2.05) is 11.4 Å². The lowest BCUT2D eigenvalue weighted by molar-refractivity contribution is 0.249. The lowest BCUT2D eigenvalue weighted by atomic mass is 10.3. The Balaban J connectivity index is 1.96. The number of hydrogen-bond donors (Lipinski definition) is 2. The lowest BCUT2D eigenvalue weighted by Gasteiger charge is -1.95. The van der Waals surface area contributed by atoms with Crippen LogP contribution in [0.4, 0.5) is 4.79 Å². The minimum Gasteiger partial charge on any atom is -0.350 e. The van der Waals surface area contributed by atoms with Crippen molar-refractivity contribution in [1.82, 2.24) is 20.2 Å². The third-order valence-electron chi connectivity index (χ3n) is 1.85. The fraction of sp³-hybridized carbons (Fsp3) is 0.111. The summed E-state index contributed by atoms with van der Waals surface area (Å²) in [5.41, 5.74) is 8.11. The molecule has 0 saturated heterocycles. The normalized spacial score (nSPS) is 10.8. The van der Waals surface area contributed by atoms with Gasteiger partial charge in [-0.1, -0.05) is 0 Å². The predicted molar refractivity (Wildman–Crippen MR) is 63.8 cm³/mol. The van der Waals surface area contributed by atoms with E-state index in [1.54, 1.807) is 17.2 Å². The molecule has 0 aliphatic heterocycles. The molecule has 17 heavy (non-hydrogen) atoms. The molecule has 0 atom stereocenters. The van der Waals surface area contributed by atoms with Crippen molar-refractivity contribution in [3.05, 3.63) is 34.5 Å². The highest BCUT2D eigenvalue weighted by molar-refractivity contribution is 7.11. The quantitative estimate of drug-likeness (QED) is 0.606. The molecule has 0 unspecified atom stereocenters. The first-order valence-electron chi connectivity index (χ1n) is 4.72. The van der Waals surface area contributed by atoms with Crippen LogP contribution in [0, 0.1) is 0 Å². The average molecular weight is 250 g/mol. The molecule has 0 aromatic carbocycles. The summed E-state index contributed by atoms with van der Waals surface area (Å²) < 4.78 is 1.73. The van der Waals surface area contributed by atoms with E-state index in [4.69, 9.17) is 5.73 Å². The zero-order valence-corrected chi connectivity index (χ0v) is 9.59. The summed E-state index contributed by atoms with van der Waals surface area (Å²) in [6, 6.07) is 1.28. The number of carbonyl (C=O) groups excluding carboxylic acids is 1. The Morgan fingerprint density at radius 1 is 1.71 bits per heavy atom. The van der Waals surface area contributed by atoms with Crippen molar-refractivity contribution in [3.63, 3.8) is 0 Å². The van der Waals surface area contributed by atoms with Gasteiger partial charge in [-0.25, -0.2) is 19.9 Å². The van der Waals surface area contributed by atoms with Crippen LogP contribution in [0.25, 0.3) is 0 Å². The molecule has 2 heterocycles. The average Bonchev–Trinajstić information content (AvgIpc) is 2.90. The molecule has 0 aliphatic carbocycles. The van der Waals surface area contributed by atoms with E-state index in [0.717, 1.165) is 10.4 Å². The van der Waals surface area contributed by atoms with E-state index in [-0.39, 0.29) is 0 Å². The fourth-order valence-corrected chi connectivity index (χ4v) is 1.97. The Morgan fingerprint density at radius 2 is 2.59 bits per heavy atom. The van der Waals surface area contributed by atoms with Gasteiger partial charge in [-0.05, 0) is 17.0 Å². The number of thiophene rings is 1. The summed E-state index contributed by atoms with van der Waals surface area (Å²) in [6.45, 7) is 0.660. The van der Waals surface area contributed by atoms with Crippen LogP contribution in [0.1, 0.15) is 10.4 Å². The largest absolute Gasteiger partial charge is 0.350 e. The van der Waals surface area contributed by atoms with Gasteiger partial charge < -0.3 is 5.73 Å². The monoisotopic (exact) mass is 250 g/mol. The van der Waals surface area contributed by atoms with Gasteiger partial charge in [0.15, 0.2) is 0 Å². The number of rotatable bonds is 4. The molecule has 3 N–H and O–H groups in total. The van der Waals surface area contributed by atoms with Crippen LogP contribution in [0.2, 0.25) is 0 Å². The standard InChI is InChI=1S/C9H10N6OS/c10-9(16)14-12-2-8-1-7(4-17-8)3-15-6-11-5-13-15/h1-2,4-6H,3H2,(H3,10,14,16). The molecular formula is C9H10N6OS. The van der Waals surface area contributed by atoms with Gasteiger partial charge in [0.05, 0.1) is 12.8 Å². The number of amides is 2.